The lowest BCUT2D eigenvalue weighted by Gasteiger charge is -2.15. The van der Waals surface area contributed by atoms with E-state index in [0.29, 0.717) is 29.4 Å². The first kappa shape index (κ1) is 21.3. The van der Waals surface area contributed by atoms with Crippen LogP contribution in [-0.2, 0) is 11.3 Å². The number of rotatable bonds is 9. The van der Waals surface area contributed by atoms with Crippen LogP contribution in [0.1, 0.15) is 28.8 Å². The van der Waals surface area contributed by atoms with Crippen molar-refractivity contribution in [2.75, 3.05) is 33.7 Å². The van der Waals surface area contributed by atoms with E-state index in [-0.39, 0.29) is 12.0 Å². The Bertz CT molecular complexity index is 836. The second kappa shape index (κ2) is 10.4. The highest BCUT2D eigenvalue weighted by molar-refractivity contribution is 7.99. The Balaban J connectivity index is 1.69. The van der Waals surface area contributed by atoms with Crippen molar-refractivity contribution in [1.82, 2.24) is 5.32 Å². The Morgan fingerprint density at radius 1 is 1.10 bits per heavy atom. The van der Waals surface area contributed by atoms with Gasteiger partial charge >= 0.3 is 0 Å². The lowest BCUT2D eigenvalue weighted by Crippen LogP contribution is -2.24. The van der Waals surface area contributed by atoms with Crippen LogP contribution in [0.4, 0.5) is 0 Å². The molecule has 156 valence electrons. The highest BCUT2D eigenvalue weighted by Gasteiger charge is 2.18. The predicted octanol–water partition coefficient (Wildman–Crippen LogP) is 3.91. The predicted molar refractivity (Wildman–Crippen MR) is 113 cm³/mol. The summed E-state index contributed by atoms with van der Waals surface area (Å²) >= 11 is 1.67. The highest BCUT2D eigenvalue weighted by Crippen LogP contribution is 2.34. The SMILES string of the molecule is COc1cc(OC)c(OC)cc1CNC(=O)c1ccccc1SC[C@H]1CCCO1. The van der Waals surface area contributed by atoms with Crippen molar-refractivity contribution in [2.45, 2.75) is 30.4 Å². The standard InChI is InChI=1S/C22H27NO5S/c1-25-18-12-20(27-3)19(26-2)11-15(18)13-23-22(24)17-8-4-5-9-21(17)29-14-16-7-6-10-28-16/h4-5,8-9,11-12,16H,6-7,10,13-14H2,1-3H3,(H,23,24)/t16-/m1/s1. The van der Waals surface area contributed by atoms with Crippen molar-refractivity contribution in [3.8, 4) is 17.2 Å². The molecule has 1 N–H and O–H groups in total. The van der Waals surface area contributed by atoms with Crippen molar-refractivity contribution in [1.29, 1.82) is 0 Å². The number of hydrogen-bond acceptors (Lipinski definition) is 6. The number of methoxy groups -OCH3 is 3. The lowest BCUT2D eigenvalue weighted by molar-refractivity contribution is 0.0947. The number of thioether (sulfide) groups is 1. The maximum atomic E-state index is 12.9. The highest BCUT2D eigenvalue weighted by atomic mass is 32.2. The van der Waals surface area contributed by atoms with E-state index in [1.165, 1.54) is 0 Å². The molecular weight excluding hydrogens is 390 g/mol. The molecule has 1 atom stereocenters. The molecule has 6 nitrogen and oxygen atoms in total. The smallest absolute Gasteiger partial charge is 0.252 e. The zero-order chi connectivity index (χ0) is 20.6. The number of carbonyl (C=O) groups excluding carboxylic acids is 1. The maximum absolute atomic E-state index is 12.9. The molecule has 1 saturated heterocycles. The molecule has 0 saturated carbocycles. The van der Waals surface area contributed by atoms with Crippen LogP contribution in [0.5, 0.6) is 17.2 Å². The van der Waals surface area contributed by atoms with Crippen LogP contribution < -0.4 is 19.5 Å². The van der Waals surface area contributed by atoms with Crippen molar-refractivity contribution in [3.63, 3.8) is 0 Å². The summed E-state index contributed by atoms with van der Waals surface area (Å²) in [5, 5.41) is 2.99. The van der Waals surface area contributed by atoms with Crippen LogP contribution in [0.3, 0.4) is 0 Å². The van der Waals surface area contributed by atoms with Gasteiger partial charge in [0.1, 0.15) is 5.75 Å². The first-order chi connectivity index (χ1) is 14.2. The molecule has 7 heteroatoms. The number of ether oxygens (including phenoxy) is 4. The molecule has 0 aliphatic carbocycles. The van der Waals surface area contributed by atoms with E-state index < -0.39 is 0 Å². The molecule has 0 radical (unpaired) electrons. The van der Waals surface area contributed by atoms with Gasteiger partial charge in [0.25, 0.3) is 5.91 Å². The molecule has 2 aromatic rings. The summed E-state index contributed by atoms with van der Waals surface area (Å²) < 4.78 is 21.8. The average molecular weight is 418 g/mol. The van der Waals surface area contributed by atoms with Crippen LogP contribution >= 0.6 is 11.8 Å². The summed E-state index contributed by atoms with van der Waals surface area (Å²) in [4.78, 5) is 13.8. The topological polar surface area (TPSA) is 66.0 Å². The fourth-order valence-corrected chi connectivity index (χ4v) is 4.36. The first-order valence-corrected chi connectivity index (χ1v) is 10.5. The van der Waals surface area contributed by atoms with E-state index in [9.17, 15) is 4.79 Å². The van der Waals surface area contributed by atoms with Crippen LogP contribution in [-0.4, -0.2) is 45.7 Å². The van der Waals surface area contributed by atoms with Gasteiger partial charge in [-0.3, -0.25) is 4.79 Å². The third-order valence-corrected chi connectivity index (χ3v) is 6.01. The Labute approximate surface area is 175 Å². The first-order valence-electron chi connectivity index (χ1n) is 9.56. The molecule has 0 aromatic heterocycles. The maximum Gasteiger partial charge on any atom is 0.252 e. The second-order valence-electron chi connectivity index (χ2n) is 6.64. The minimum Gasteiger partial charge on any atom is -0.496 e. The van der Waals surface area contributed by atoms with Gasteiger partial charge in [-0.25, -0.2) is 0 Å². The van der Waals surface area contributed by atoms with Crippen LogP contribution in [0.2, 0.25) is 0 Å². The van der Waals surface area contributed by atoms with Crippen LogP contribution in [0, 0.1) is 0 Å². The van der Waals surface area contributed by atoms with E-state index >= 15 is 0 Å². The van der Waals surface area contributed by atoms with E-state index in [1.807, 2.05) is 30.3 Å². The van der Waals surface area contributed by atoms with Gasteiger partial charge < -0.3 is 24.3 Å². The molecule has 1 aliphatic heterocycles. The number of carbonyl (C=O) groups is 1. The van der Waals surface area contributed by atoms with E-state index in [2.05, 4.69) is 5.32 Å². The van der Waals surface area contributed by atoms with Crippen LogP contribution in [0.25, 0.3) is 0 Å². The van der Waals surface area contributed by atoms with Crippen molar-refractivity contribution in [3.05, 3.63) is 47.5 Å². The molecule has 1 fully saturated rings. The monoisotopic (exact) mass is 417 g/mol. The number of amides is 1. The number of hydrogen-bond donors (Lipinski definition) is 1. The van der Waals surface area contributed by atoms with E-state index in [4.69, 9.17) is 18.9 Å². The minimum absolute atomic E-state index is 0.128. The quantitative estimate of drug-likeness (QED) is 0.624. The fourth-order valence-electron chi connectivity index (χ4n) is 3.24. The van der Waals surface area contributed by atoms with Gasteiger partial charge in [-0.1, -0.05) is 12.1 Å². The van der Waals surface area contributed by atoms with Gasteiger partial charge in [-0.05, 0) is 31.0 Å². The summed E-state index contributed by atoms with van der Waals surface area (Å²) in [6.07, 6.45) is 2.47. The van der Waals surface area contributed by atoms with Gasteiger partial charge in [0, 0.05) is 35.4 Å². The summed E-state index contributed by atoms with van der Waals surface area (Å²) in [6.45, 7) is 1.15. The van der Waals surface area contributed by atoms with Gasteiger partial charge in [-0.2, -0.15) is 0 Å². The summed E-state index contributed by atoms with van der Waals surface area (Å²) in [5.74, 6) is 2.52. The third-order valence-electron chi connectivity index (χ3n) is 4.81. The Morgan fingerprint density at radius 3 is 2.52 bits per heavy atom. The van der Waals surface area contributed by atoms with Crippen LogP contribution in [0.15, 0.2) is 41.3 Å². The van der Waals surface area contributed by atoms with Crippen molar-refractivity contribution >= 4 is 17.7 Å². The zero-order valence-electron chi connectivity index (χ0n) is 17.0. The van der Waals surface area contributed by atoms with Gasteiger partial charge in [0.15, 0.2) is 11.5 Å². The van der Waals surface area contributed by atoms with Gasteiger partial charge in [0.2, 0.25) is 0 Å². The zero-order valence-corrected chi connectivity index (χ0v) is 17.8. The van der Waals surface area contributed by atoms with E-state index in [1.54, 1.807) is 39.2 Å². The third kappa shape index (κ3) is 5.36. The molecular formula is C22H27NO5S. The van der Waals surface area contributed by atoms with Gasteiger partial charge in [-0.15, -0.1) is 11.8 Å². The second-order valence-corrected chi connectivity index (χ2v) is 7.71. The molecule has 1 heterocycles. The molecule has 1 amide bonds. The molecule has 0 unspecified atom stereocenters. The Kier molecular flexibility index (Phi) is 7.66. The van der Waals surface area contributed by atoms with Crippen molar-refractivity contribution < 1.29 is 23.7 Å². The molecule has 29 heavy (non-hydrogen) atoms. The average Bonchev–Trinajstić information content (AvgIpc) is 3.29. The molecule has 2 aromatic carbocycles. The summed E-state index contributed by atoms with van der Waals surface area (Å²) in [6, 6.07) is 11.2. The summed E-state index contributed by atoms with van der Waals surface area (Å²) in [7, 11) is 4.74. The normalized spacial score (nSPS) is 15.8. The molecule has 0 bridgehead atoms. The fraction of sp³-hybridized carbons (Fsp3) is 0.409. The minimum atomic E-state index is -0.128. The number of nitrogens with one attached hydrogen (secondary N) is 1. The van der Waals surface area contributed by atoms with Crippen molar-refractivity contribution in [2.24, 2.45) is 0 Å². The molecule has 0 spiro atoms. The summed E-state index contributed by atoms with van der Waals surface area (Å²) in [5.41, 5.74) is 1.47. The lowest BCUT2D eigenvalue weighted by atomic mass is 10.1. The number of benzene rings is 2. The Morgan fingerprint density at radius 2 is 1.83 bits per heavy atom. The van der Waals surface area contributed by atoms with E-state index in [0.717, 1.165) is 35.7 Å². The van der Waals surface area contributed by atoms with Gasteiger partial charge in [0.05, 0.1) is 33.0 Å². The molecule has 1 aliphatic rings. The largest absolute Gasteiger partial charge is 0.496 e. The molecule has 3 rings (SSSR count). The Hall–Kier alpha value is -2.38.